The minimum Gasteiger partial charge on any atom is -0.465 e. The molecule has 0 radical (unpaired) electrons. The number of hydrogen-bond acceptors (Lipinski definition) is 5. The van der Waals surface area contributed by atoms with Crippen molar-refractivity contribution in [3.05, 3.63) is 46.2 Å². The molecule has 0 unspecified atom stereocenters. The molecule has 0 aliphatic heterocycles. The third kappa shape index (κ3) is 3.32. The van der Waals surface area contributed by atoms with Gasteiger partial charge in [-0.05, 0) is 34.1 Å². The SMILES string of the molecule is COC(=O)c1cc2nc(-c3cccc(Br)c3F)oc2cc1OC(F)F. The number of aromatic nitrogens is 1. The fourth-order valence-electron chi connectivity index (χ4n) is 2.20. The van der Waals surface area contributed by atoms with Gasteiger partial charge in [-0.2, -0.15) is 8.78 Å². The summed E-state index contributed by atoms with van der Waals surface area (Å²) >= 11 is 3.06. The molecule has 3 aromatic rings. The molecule has 9 heteroatoms. The second kappa shape index (κ2) is 6.75. The van der Waals surface area contributed by atoms with E-state index in [2.05, 4.69) is 30.4 Å². The minimum absolute atomic E-state index is 0.0534. The predicted molar refractivity (Wildman–Crippen MR) is 85.1 cm³/mol. The zero-order valence-electron chi connectivity index (χ0n) is 12.6. The van der Waals surface area contributed by atoms with Crippen molar-refractivity contribution in [2.45, 2.75) is 6.61 Å². The van der Waals surface area contributed by atoms with Gasteiger partial charge in [0, 0.05) is 6.07 Å². The van der Waals surface area contributed by atoms with Crippen LogP contribution in [0.1, 0.15) is 10.4 Å². The molecule has 0 bridgehead atoms. The Morgan fingerprint density at radius 3 is 2.76 bits per heavy atom. The average molecular weight is 416 g/mol. The fourth-order valence-corrected chi connectivity index (χ4v) is 2.57. The highest BCUT2D eigenvalue weighted by Crippen LogP contribution is 2.33. The smallest absolute Gasteiger partial charge is 0.387 e. The number of nitrogens with zero attached hydrogens (tertiary/aromatic N) is 1. The molecule has 0 fully saturated rings. The molecule has 0 saturated heterocycles. The summed E-state index contributed by atoms with van der Waals surface area (Å²) in [6, 6.07) is 6.80. The molecule has 0 aliphatic carbocycles. The molecule has 1 aromatic heterocycles. The predicted octanol–water partition coefficient (Wildman–Crippen LogP) is 4.78. The highest BCUT2D eigenvalue weighted by Gasteiger charge is 2.21. The first-order valence-electron chi connectivity index (χ1n) is 6.82. The van der Waals surface area contributed by atoms with E-state index in [4.69, 9.17) is 4.42 Å². The molecular formula is C16H9BrF3NO4. The van der Waals surface area contributed by atoms with Crippen LogP contribution in [-0.4, -0.2) is 24.7 Å². The monoisotopic (exact) mass is 415 g/mol. The molecule has 0 atom stereocenters. The van der Waals surface area contributed by atoms with Crippen LogP contribution in [-0.2, 0) is 4.74 Å². The third-order valence-corrected chi connectivity index (χ3v) is 3.91. The topological polar surface area (TPSA) is 61.6 Å². The Kier molecular flexibility index (Phi) is 4.67. The largest absolute Gasteiger partial charge is 0.465 e. The van der Waals surface area contributed by atoms with Gasteiger partial charge in [0.05, 0.1) is 17.1 Å². The minimum atomic E-state index is -3.15. The number of carbonyl (C=O) groups is 1. The summed E-state index contributed by atoms with van der Waals surface area (Å²) in [7, 11) is 1.10. The number of carbonyl (C=O) groups excluding carboxylic acids is 1. The number of benzene rings is 2. The molecule has 3 rings (SSSR count). The molecule has 0 saturated carbocycles. The van der Waals surface area contributed by atoms with Gasteiger partial charge in [0.15, 0.2) is 5.58 Å². The van der Waals surface area contributed by atoms with E-state index in [0.717, 1.165) is 13.2 Å². The maximum atomic E-state index is 14.2. The molecule has 130 valence electrons. The number of oxazole rings is 1. The number of halogens is 4. The van der Waals surface area contributed by atoms with Gasteiger partial charge in [0.25, 0.3) is 0 Å². The van der Waals surface area contributed by atoms with Gasteiger partial charge in [-0.1, -0.05) is 6.07 Å². The summed E-state index contributed by atoms with van der Waals surface area (Å²) in [6.45, 7) is -3.15. The second-order valence-electron chi connectivity index (χ2n) is 4.81. The van der Waals surface area contributed by atoms with Crippen molar-refractivity contribution in [2.24, 2.45) is 0 Å². The number of rotatable bonds is 4. The number of esters is 1. The highest BCUT2D eigenvalue weighted by molar-refractivity contribution is 9.10. The van der Waals surface area contributed by atoms with Crippen molar-refractivity contribution < 1.29 is 31.9 Å². The van der Waals surface area contributed by atoms with Crippen LogP contribution >= 0.6 is 15.9 Å². The maximum Gasteiger partial charge on any atom is 0.387 e. The van der Waals surface area contributed by atoms with Gasteiger partial charge < -0.3 is 13.9 Å². The van der Waals surface area contributed by atoms with Crippen molar-refractivity contribution in [3.8, 4) is 17.2 Å². The van der Waals surface area contributed by atoms with E-state index in [1.54, 1.807) is 6.07 Å². The first-order valence-corrected chi connectivity index (χ1v) is 7.62. The van der Waals surface area contributed by atoms with E-state index in [-0.39, 0.29) is 32.6 Å². The number of ether oxygens (including phenoxy) is 2. The Morgan fingerprint density at radius 1 is 1.32 bits per heavy atom. The summed E-state index contributed by atoms with van der Waals surface area (Å²) in [6.07, 6.45) is 0. The van der Waals surface area contributed by atoms with Crippen molar-refractivity contribution in [1.29, 1.82) is 0 Å². The second-order valence-corrected chi connectivity index (χ2v) is 5.66. The number of hydrogen-bond donors (Lipinski definition) is 0. The average Bonchev–Trinajstić information content (AvgIpc) is 2.98. The van der Waals surface area contributed by atoms with Gasteiger partial charge >= 0.3 is 12.6 Å². The Balaban J connectivity index is 2.17. The third-order valence-electron chi connectivity index (χ3n) is 3.29. The molecule has 0 spiro atoms. The quantitative estimate of drug-likeness (QED) is 0.573. The maximum absolute atomic E-state index is 14.2. The lowest BCUT2D eigenvalue weighted by atomic mass is 10.2. The zero-order valence-corrected chi connectivity index (χ0v) is 14.1. The first-order chi connectivity index (χ1) is 11.9. The van der Waals surface area contributed by atoms with Gasteiger partial charge in [0.2, 0.25) is 5.89 Å². The Hall–Kier alpha value is -2.55. The number of methoxy groups -OCH3 is 1. The lowest BCUT2D eigenvalue weighted by molar-refractivity contribution is -0.0503. The van der Waals surface area contributed by atoms with Crippen LogP contribution in [0.25, 0.3) is 22.6 Å². The van der Waals surface area contributed by atoms with Crippen LogP contribution in [0, 0.1) is 5.82 Å². The lowest BCUT2D eigenvalue weighted by Crippen LogP contribution is -2.09. The van der Waals surface area contributed by atoms with E-state index >= 15 is 0 Å². The molecule has 1 heterocycles. The molecule has 5 nitrogen and oxygen atoms in total. The van der Waals surface area contributed by atoms with Gasteiger partial charge in [-0.25, -0.2) is 14.2 Å². The van der Waals surface area contributed by atoms with Crippen LogP contribution in [0.5, 0.6) is 5.75 Å². The summed E-state index contributed by atoms with van der Waals surface area (Å²) in [5.41, 5.74) is 0.0421. The standard InChI is InChI=1S/C16H9BrF3NO4/c1-23-15(22)8-5-10-12(6-11(8)25-16(19)20)24-14(21-10)7-3-2-4-9(17)13(7)18/h2-6,16H,1H3. The molecular weight excluding hydrogens is 407 g/mol. The van der Waals surface area contributed by atoms with E-state index in [9.17, 15) is 18.0 Å². The van der Waals surface area contributed by atoms with Crippen molar-refractivity contribution in [1.82, 2.24) is 4.98 Å². The molecule has 0 N–H and O–H groups in total. The van der Waals surface area contributed by atoms with Gasteiger partial charge in [0.1, 0.15) is 22.6 Å². The lowest BCUT2D eigenvalue weighted by Gasteiger charge is -2.08. The Morgan fingerprint density at radius 2 is 2.08 bits per heavy atom. The Bertz CT molecular complexity index is 958. The van der Waals surface area contributed by atoms with E-state index in [0.29, 0.717) is 0 Å². The van der Waals surface area contributed by atoms with E-state index < -0.39 is 24.1 Å². The van der Waals surface area contributed by atoms with Crippen LogP contribution < -0.4 is 4.74 Å². The summed E-state index contributed by atoms with van der Waals surface area (Å²) in [4.78, 5) is 15.9. The first kappa shape index (κ1) is 17.3. The van der Waals surface area contributed by atoms with Crippen molar-refractivity contribution in [2.75, 3.05) is 7.11 Å². The molecule has 0 amide bonds. The highest BCUT2D eigenvalue weighted by atomic mass is 79.9. The normalized spacial score (nSPS) is 11.1. The molecule has 25 heavy (non-hydrogen) atoms. The molecule has 0 aliphatic rings. The fraction of sp³-hybridized carbons (Fsp3) is 0.125. The summed E-state index contributed by atoms with van der Waals surface area (Å²) in [5.74, 6) is -1.97. The van der Waals surface area contributed by atoms with Crippen LogP contribution in [0.3, 0.4) is 0 Å². The molecule has 2 aromatic carbocycles. The number of fused-ring (bicyclic) bond motifs is 1. The summed E-state index contributed by atoms with van der Waals surface area (Å²) < 4.78 is 53.8. The number of alkyl halides is 2. The van der Waals surface area contributed by atoms with Crippen molar-refractivity contribution >= 4 is 33.0 Å². The zero-order chi connectivity index (χ0) is 18.1. The van der Waals surface area contributed by atoms with Crippen LogP contribution in [0.4, 0.5) is 13.2 Å². The van der Waals surface area contributed by atoms with Crippen molar-refractivity contribution in [3.63, 3.8) is 0 Å². The summed E-state index contributed by atoms with van der Waals surface area (Å²) in [5, 5.41) is 0. The van der Waals surface area contributed by atoms with E-state index in [1.807, 2.05) is 0 Å². The van der Waals surface area contributed by atoms with Gasteiger partial charge in [-0.15, -0.1) is 0 Å². The Labute approximate surface area is 147 Å². The van der Waals surface area contributed by atoms with E-state index in [1.165, 1.54) is 18.2 Å². The van der Waals surface area contributed by atoms with Crippen LogP contribution in [0.2, 0.25) is 0 Å². The van der Waals surface area contributed by atoms with Gasteiger partial charge in [-0.3, -0.25) is 0 Å². The van der Waals surface area contributed by atoms with Crippen LogP contribution in [0.15, 0.2) is 39.2 Å².